The minimum atomic E-state index is -0.215. The molecule has 16 heavy (non-hydrogen) atoms. The molecule has 0 amide bonds. The third-order valence-corrected chi connectivity index (χ3v) is 3.88. The first-order valence-corrected chi connectivity index (χ1v) is 6.89. The zero-order valence-corrected chi connectivity index (χ0v) is 10.2. The van der Waals surface area contributed by atoms with Gasteiger partial charge in [0.25, 0.3) is 0 Å². The van der Waals surface area contributed by atoms with Gasteiger partial charge in [-0.3, -0.25) is 0 Å². The molecule has 1 saturated carbocycles. The lowest BCUT2D eigenvalue weighted by molar-refractivity contribution is -0.0609. The van der Waals surface area contributed by atoms with E-state index >= 15 is 0 Å². The normalized spacial score (nSPS) is 36.2. The number of piperidine rings is 1. The fraction of sp³-hybridized carbons (Fsp3) is 1.00. The van der Waals surface area contributed by atoms with Gasteiger partial charge in [-0.05, 0) is 38.6 Å². The smallest absolute Gasteiger partial charge is 0.0833 e. The zero-order valence-electron chi connectivity index (χ0n) is 10.2. The Bertz CT molecular complexity index is 192. The number of hydrogen-bond donors (Lipinski definition) is 2. The van der Waals surface area contributed by atoms with Crippen molar-refractivity contribution in [2.75, 3.05) is 13.2 Å². The van der Waals surface area contributed by atoms with Crippen LogP contribution in [0.3, 0.4) is 0 Å². The van der Waals surface area contributed by atoms with Crippen LogP contribution >= 0.6 is 0 Å². The van der Waals surface area contributed by atoms with Crippen molar-refractivity contribution in [1.29, 1.82) is 0 Å². The van der Waals surface area contributed by atoms with Gasteiger partial charge in [0.1, 0.15) is 0 Å². The highest BCUT2D eigenvalue weighted by molar-refractivity contribution is 4.76. The first kappa shape index (κ1) is 12.3. The molecule has 0 aromatic carbocycles. The molecule has 1 heterocycles. The summed E-state index contributed by atoms with van der Waals surface area (Å²) in [6.07, 6.45) is 9.29. The van der Waals surface area contributed by atoms with Crippen LogP contribution in [0.2, 0.25) is 0 Å². The largest absolute Gasteiger partial charge is 0.390 e. The van der Waals surface area contributed by atoms with E-state index in [1.807, 2.05) is 0 Å². The summed E-state index contributed by atoms with van der Waals surface area (Å²) in [7, 11) is 0. The first-order valence-electron chi connectivity index (χ1n) is 6.89. The first-order chi connectivity index (χ1) is 7.86. The molecule has 3 nitrogen and oxygen atoms in total. The van der Waals surface area contributed by atoms with Crippen molar-refractivity contribution < 1.29 is 9.84 Å². The summed E-state index contributed by atoms with van der Waals surface area (Å²) in [5.41, 5.74) is 0. The van der Waals surface area contributed by atoms with Crippen LogP contribution in [-0.2, 0) is 4.74 Å². The molecule has 2 fully saturated rings. The van der Waals surface area contributed by atoms with Crippen molar-refractivity contribution in [2.24, 2.45) is 0 Å². The van der Waals surface area contributed by atoms with Crippen LogP contribution in [0.25, 0.3) is 0 Å². The van der Waals surface area contributed by atoms with Crippen LogP contribution in [0.4, 0.5) is 0 Å². The highest BCUT2D eigenvalue weighted by Gasteiger charge is 2.23. The van der Waals surface area contributed by atoms with E-state index in [9.17, 15) is 5.11 Å². The van der Waals surface area contributed by atoms with Crippen molar-refractivity contribution in [2.45, 2.75) is 69.6 Å². The Morgan fingerprint density at radius 3 is 2.62 bits per heavy atom. The molecule has 3 heteroatoms. The second kappa shape index (κ2) is 6.58. The highest BCUT2D eigenvalue weighted by Crippen LogP contribution is 2.21. The second-order valence-electron chi connectivity index (χ2n) is 5.20. The van der Waals surface area contributed by atoms with Gasteiger partial charge in [-0.1, -0.05) is 19.3 Å². The highest BCUT2D eigenvalue weighted by atomic mass is 16.5. The van der Waals surface area contributed by atoms with E-state index in [1.165, 1.54) is 25.7 Å². The minimum Gasteiger partial charge on any atom is -0.390 e. The van der Waals surface area contributed by atoms with Crippen molar-refractivity contribution in [3.05, 3.63) is 0 Å². The topological polar surface area (TPSA) is 41.5 Å². The van der Waals surface area contributed by atoms with E-state index in [0.29, 0.717) is 6.04 Å². The Hall–Kier alpha value is -0.120. The summed E-state index contributed by atoms with van der Waals surface area (Å²) < 4.78 is 5.81. The lowest BCUT2D eigenvalue weighted by Crippen LogP contribution is -2.37. The van der Waals surface area contributed by atoms with Crippen molar-refractivity contribution >= 4 is 0 Å². The number of hydrogen-bond acceptors (Lipinski definition) is 3. The van der Waals surface area contributed by atoms with Gasteiger partial charge in [-0.15, -0.1) is 0 Å². The third kappa shape index (κ3) is 3.72. The molecule has 0 radical (unpaired) electrons. The molecule has 3 atom stereocenters. The Kier molecular flexibility index (Phi) is 5.07. The molecular weight excluding hydrogens is 202 g/mol. The van der Waals surface area contributed by atoms with Crippen LogP contribution in [0.1, 0.15) is 51.4 Å². The summed E-state index contributed by atoms with van der Waals surface area (Å²) in [5.74, 6) is 0. The average molecular weight is 227 g/mol. The standard InChI is InChI=1S/C13H25NO2/c15-12-6-1-2-7-13(12)16-10-8-11-5-3-4-9-14-11/h11-15H,1-10H2. The van der Waals surface area contributed by atoms with E-state index in [1.54, 1.807) is 0 Å². The fourth-order valence-corrected chi connectivity index (χ4v) is 2.80. The van der Waals surface area contributed by atoms with Crippen LogP contribution in [-0.4, -0.2) is 36.5 Å². The Balaban J connectivity index is 1.59. The van der Waals surface area contributed by atoms with Crippen LogP contribution < -0.4 is 5.32 Å². The third-order valence-electron chi connectivity index (χ3n) is 3.88. The molecular formula is C13H25NO2. The molecule has 2 rings (SSSR count). The molecule has 1 aliphatic carbocycles. The Morgan fingerprint density at radius 2 is 1.88 bits per heavy atom. The van der Waals surface area contributed by atoms with E-state index in [4.69, 9.17) is 4.74 Å². The van der Waals surface area contributed by atoms with Gasteiger partial charge >= 0.3 is 0 Å². The molecule has 2 aliphatic rings. The molecule has 0 aromatic rings. The van der Waals surface area contributed by atoms with Gasteiger partial charge in [-0.25, -0.2) is 0 Å². The SMILES string of the molecule is OC1CCCCC1OCCC1CCCCN1. The van der Waals surface area contributed by atoms with Gasteiger partial charge in [0.05, 0.1) is 12.2 Å². The van der Waals surface area contributed by atoms with E-state index in [-0.39, 0.29) is 12.2 Å². The predicted molar refractivity (Wildman–Crippen MR) is 64.5 cm³/mol. The molecule has 94 valence electrons. The number of nitrogens with one attached hydrogen (secondary N) is 1. The van der Waals surface area contributed by atoms with Gasteiger partial charge < -0.3 is 15.2 Å². The molecule has 0 bridgehead atoms. The maximum Gasteiger partial charge on any atom is 0.0833 e. The summed E-state index contributed by atoms with van der Waals surface area (Å²) in [4.78, 5) is 0. The van der Waals surface area contributed by atoms with E-state index in [2.05, 4.69) is 5.32 Å². The Labute approximate surface area is 98.6 Å². The van der Waals surface area contributed by atoms with E-state index < -0.39 is 0 Å². The van der Waals surface area contributed by atoms with Crippen LogP contribution in [0, 0.1) is 0 Å². The summed E-state index contributed by atoms with van der Waals surface area (Å²) >= 11 is 0. The van der Waals surface area contributed by atoms with Gasteiger partial charge in [0.15, 0.2) is 0 Å². The van der Waals surface area contributed by atoms with Crippen molar-refractivity contribution in [1.82, 2.24) is 5.32 Å². The maximum atomic E-state index is 9.77. The van der Waals surface area contributed by atoms with Crippen molar-refractivity contribution in [3.8, 4) is 0 Å². The monoisotopic (exact) mass is 227 g/mol. The lowest BCUT2D eigenvalue weighted by Gasteiger charge is -2.29. The maximum absolute atomic E-state index is 9.77. The number of aliphatic hydroxyl groups is 1. The summed E-state index contributed by atoms with van der Waals surface area (Å²) in [6, 6.07) is 0.648. The molecule has 0 spiro atoms. The zero-order chi connectivity index (χ0) is 11.2. The van der Waals surface area contributed by atoms with Crippen LogP contribution in [0.15, 0.2) is 0 Å². The second-order valence-corrected chi connectivity index (χ2v) is 5.20. The van der Waals surface area contributed by atoms with Gasteiger partial charge in [0, 0.05) is 12.6 Å². The summed E-state index contributed by atoms with van der Waals surface area (Å²) in [6.45, 7) is 1.97. The lowest BCUT2D eigenvalue weighted by atomic mass is 9.95. The number of rotatable bonds is 4. The number of ether oxygens (including phenoxy) is 1. The predicted octanol–water partition coefficient (Wildman–Crippen LogP) is 1.84. The quantitative estimate of drug-likeness (QED) is 0.770. The molecule has 3 unspecified atom stereocenters. The molecule has 1 aliphatic heterocycles. The minimum absolute atomic E-state index is 0.109. The number of aliphatic hydroxyl groups excluding tert-OH is 1. The average Bonchev–Trinajstić information content (AvgIpc) is 2.33. The van der Waals surface area contributed by atoms with E-state index in [0.717, 1.165) is 38.8 Å². The van der Waals surface area contributed by atoms with Gasteiger partial charge in [-0.2, -0.15) is 0 Å². The molecule has 0 aromatic heterocycles. The summed E-state index contributed by atoms with van der Waals surface area (Å²) in [5, 5.41) is 13.3. The molecule has 1 saturated heterocycles. The van der Waals surface area contributed by atoms with Crippen LogP contribution in [0.5, 0.6) is 0 Å². The van der Waals surface area contributed by atoms with Crippen molar-refractivity contribution in [3.63, 3.8) is 0 Å². The molecule has 2 N–H and O–H groups in total. The fourth-order valence-electron chi connectivity index (χ4n) is 2.80. The Morgan fingerprint density at radius 1 is 1.06 bits per heavy atom. The van der Waals surface area contributed by atoms with Gasteiger partial charge in [0.2, 0.25) is 0 Å².